The third-order valence-corrected chi connectivity index (χ3v) is 1.89. The molecule has 0 fully saturated rings. The highest BCUT2D eigenvalue weighted by atomic mass is 79.9. The number of Topliss-reactive ketones (excluding diaryl/α,β-unsaturated/α-hetero) is 1. The fourth-order valence-electron chi connectivity index (χ4n) is 0.701. The fourth-order valence-corrected chi connectivity index (χ4v) is 1.02. The van der Waals surface area contributed by atoms with Gasteiger partial charge in [0.15, 0.2) is 5.78 Å². The topological polar surface area (TPSA) is 43.1 Å². The monoisotopic (exact) mass is 271 g/mol. The summed E-state index contributed by atoms with van der Waals surface area (Å²) >= 11 is 3.10. The van der Waals surface area contributed by atoms with Gasteiger partial charge in [0, 0.05) is 12.1 Å². The Kier molecular flexibility index (Phi) is 12.3. The number of benzene rings is 1. The average molecular weight is 272 g/mol. The number of carbonyl (C=O) groups excluding carboxylic acids is 1. The summed E-state index contributed by atoms with van der Waals surface area (Å²) in [5.74, 6) is 0.126. The van der Waals surface area contributed by atoms with Crippen molar-refractivity contribution < 1.29 is 4.79 Å². The number of alkyl halides is 1. The van der Waals surface area contributed by atoms with Gasteiger partial charge in [-0.3, -0.25) is 4.79 Å². The van der Waals surface area contributed by atoms with Crippen LogP contribution in [0.4, 0.5) is 0 Å². The molecule has 0 amide bonds. The van der Waals surface area contributed by atoms with Crippen LogP contribution in [-0.4, -0.2) is 17.7 Å². The van der Waals surface area contributed by atoms with Gasteiger partial charge in [-0.1, -0.05) is 59.8 Å². The highest BCUT2D eigenvalue weighted by molar-refractivity contribution is 9.09. The van der Waals surface area contributed by atoms with Gasteiger partial charge in [-0.2, -0.15) is 0 Å². The number of rotatable bonds is 3. The molecular formula is C12H18BrNO. The Hall–Kier alpha value is -0.930. The number of carbonyl (C=O) groups is 1. The van der Waals surface area contributed by atoms with Gasteiger partial charge in [0.25, 0.3) is 0 Å². The van der Waals surface area contributed by atoms with E-state index in [-0.39, 0.29) is 13.2 Å². The third-order valence-electron chi connectivity index (χ3n) is 1.38. The molecule has 1 rings (SSSR count). The molecule has 0 atom stereocenters. The summed E-state index contributed by atoms with van der Waals surface area (Å²) in [4.78, 5) is 11.0. The Morgan fingerprint density at radius 3 is 2.20 bits per heavy atom. The van der Waals surface area contributed by atoms with Crippen LogP contribution in [-0.2, 0) is 0 Å². The molecular weight excluding hydrogens is 254 g/mol. The number of halogens is 1. The predicted molar refractivity (Wildman–Crippen MR) is 70.5 cm³/mol. The smallest absolute Gasteiger partial charge is 0.173 e. The Bertz CT molecular complexity index is 272. The zero-order valence-corrected chi connectivity index (χ0v) is 9.53. The Morgan fingerprint density at radius 2 is 1.87 bits per heavy atom. The van der Waals surface area contributed by atoms with Gasteiger partial charge in [-0.25, -0.2) is 0 Å². The molecule has 0 spiro atoms. The van der Waals surface area contributed by atoms with Crippen LogP contribution >= 0.6 is 15.9 Å². The highest BCUT2D eigenvalue weighted by Gasteiger charge is 1.99. The van der Waals surface area contributed by atoms with Crippen molar-refractivity contribution in [2.45, 2.75) is 7.43 Å². The van der Waals surface area contributed by atoms with E-state index < -0.39 is 0 Å². The van der Waals surface area contributed by atoms with E-state index in [0.29, 0.717) is 11.9 Å². The number of hydrogen-bond acceptors (Lipinski definition) is 2. The van der Waals surface area contributed by atoms with E-state index in [1.807, 2.05) is 30.3 Å². The Morgan fingerprint density at radius 1 is 1.40 bits per heavy atom. The zero-order valence-electron chi connectivity index (χ0n) is 7.95. The summed E-state index contributed by atoms with van der Waals surface area (Å²) < 4.78 is 0. The molecule has 15 heavy (non-hydrogen) atoms. The zero-order chi connectivity index (χ0) is 10.8. The lowest BCUT2D eigenvalue weighted by Gasteiger charge is -1.92. The van der Waals surface area contributed by atoms with Gasteiger partial charge in [0.05, 0.1) is 5.33 Å². The third kappa shape index (κ3) is 8.09. The summed E-state index contributed by atoms with van der Waals surface area (Å²) in [7, 11) is 0. The van der Waals surface area contributed by atoms with E-state index in [2.05, 4.69) is 22.5 Å². The van der Waals surface area contributed by atoms with Crippen molar-refractivity contribution in [3.05, 3.63) is 48.6 Å². The molecule has 0 radical (unpaired) electrons. The summed E-state index contributed by atoms with van der Waals surface area (Å²) in [6.45, 7) is 3.94. The average Bonchev–Trinajstić information content (AvgIpc) is 2.29. The maximum atomic E-state index is 11.0. The van der Waals surface area contributed by atoms with Crippen molar-refractivity contribution in [2.24, 2.45) is 5.73 Å². The van der Waals surface area contributed by atoms with Crippen molar-refractivity contribution in [3.8, 4) is 0 Å². The molecule has 0 unspecified atom stereocenters. The molecule has 1 aromatic rings. The van der Waals surface area contributed by atoms with Crippen LogP contribution in [0, 0.1) is 0 Å². The quantitative estimate of drug-likeness (QED) is 0.522. The largest absolute Gasteiger partial charge is 0.327 e. The van der Waals surface area contributed by atoms with E-state index in [0.717, 1.165) is 5.56 Å². The minimum absolute atomic E-state index is 0. The highest BCUT2D eigenvalue weighted by Crippen LogP contribution is 2.01. The maximum Gasteiger partial charge on any atom is 0.173 e. The second kappa shape index (κ2) is 11.1. The van der Waals surface area contributed by atoms with Crippen molar-refractivity contribution in [3.63, 3.8) is 0 Å². The molecule has 0 aromatic heterocycles. The molecule has 0 saturated heterocycles. The maximum absolute atomic E-state index is 11.0. The van der Waals surface area contributed by atoms with E-state index in [1.54, 1.807) is 6.08 Å². The van der Waals surface area contributed by atoms with Crippen LogP contribution in [0.25, 0.3) is 0 Å². The van der Waals surface area contributed by atoms with Crippen LogP contribution in [0.2, 0.25) is 0 Å². The second-order valence-corrected chi connectivity index (χ2v) is 3.01. The minimum Gasteiger partial charge on any atom is -0.327 e. The first kappa shape index (κ1) is 16.5. The Balaban J connectivity index is 0. The molecule has 1 aromatic carbocycles. The van der Waals surface area contributed by atoms with Crippen LogP contribution in [0.5, 0.6) is 0 Å². The molecule has 0 aliphatic rings. The standard InChI is InChI=1S/C8H7BrO.C3H7N.CH4/c9-6-8(10)7-4-2-1-3-5-7;1-2-3-4;/h1-5H,6H2;2H,1,3-4H2;1H4. The number of hydrogen-bond donors (Lipinski definition) is 1. The summed E-state index contributed by atoms with van der Waals surface area (Å²) in [6, 6.07) is 9.23. The SMILES string of the molecule is C.C=CCN.O=C(CBr)c1ccccc1. The lowest BCUT2D eigenvalue weighted by atomic mass is 10.2. The molecule has 2 nitrogen and oxygen atoms in total. The van der Waals surface area contributed by atoms with E-state index in [4.69, 9.17) is 5.73 Å². The minimum atomic E-state index is 0. The molecule has 0 saturated carbocycles. The molecule has 0 aliphatic heterocycles. The number of ketones is 1. The van der Waals surface area contributed by atoms with Crippen molar-refractivity contribution in [1.29, 1.82) is 0 Å². The lowest BCUT2D eigenvalue weighted by molar-refractivity contribution is 0.102. The molecule has 2 N–H and O–H groups in total. The molecule has 84 valence electrons. The molecule has 0 bridgehead atoms. The van der Waals surface area contributed by atoms with Crippen LogP contribution in [0.3, 0.4) is 0 Å². The fraction of sp³-hybridized carbons (Fsp3) is 0.250. The van der Waals surface area contributed by atoms with Crippen LogP contribution in [0.15, 0.2) is 43.0 Å². The lowest BCUT2D eigenvalue weighted by Crippen LogP contribution is -1.98. The van der Waals surface area contributed by atoms with Gasteiger partial charge >= 0.3 is 0 Å². The van der Waals surface area contributed by atoms with Crippen molar-refractivity contribution in [2.75, 3.05) is 11.9 Å². The van der Waals surface area contributed by atoms with Gasteiger partial charge in [-0.05, 0) is 0 Å². The van der Waals surface area contributed by atoms with Gasteiger partial charge in [0.1, 0.15) is 0 Å². The van der Waals surface area contributed by atoms with Crippen molar-refractivity contribution >= 4 is 21.7 Å². The van der Waals surface area contributed by atoms with Crippen molar-refractivity contribution in [1.82, 2.24) is 0 Å². The van der Waals surface area contributed by atoms with Gasteiger partial charge < -0.3 is 5.73 Å². The second-order valence-electron chi connectivity index (χ2n) is 2.45. The van der Waals surface area contributed by atoms with Gasteiger partial charge in [0.2, 0.25) is 0 Å². The summed E-state index contributed by atoms with van der Waals surface area (Å²) in [6.07, 6.45) is 1.65. The van der Waals surface area contributed by atoms with Crippen LogP contribution in [0.1, 0.15) is 17.8 Å². The predicted octanol–water partition coefficient (Wildman–Crippen LogP) is 3.03. The molecule has 0 heterocycles. The molecule has 3 heteroatoms. The van der Waals surface area contributed by atoms with Crippen LogP contribution < -0.4 is 5.73 Å². The normalized spacial score (nSPS) is 7.87. The van der Waals surface area contributed by atoms with E-state index in [1.165, 1.54) is 0 Å². The van der Waals surface area contributed by atoms with E-state index >= 15 is 0 Å². The van der Waals surface area contributed by atoms with E-state index in [9.17, 15) is 4.79 Å². The molecule has 0 aliphatic carbocycles. The number of nitrogens with two attached hydrogens (primary N) is 1. The first-order valence-electron chi connectivity index (χ1n) is 4.21. The van der Waals surface area contributed by atoms with Gasteiger partial charge in [-0.15, -0.1) is 6.58 Å². The Labute approximate surface area is 100 Å². The first-order valence-corrected chi connectivity index (χ1v) is 5.33. The summed E-state index contributed by atoms with van der Waals surface area (Å²) in [5, 5.41) is 0.400. The first-order chi connectivity index (χ1) is 6.76. The summed E-state index contributed by atoms with van der Waals surface area (Å²) in [5.41, 5.74) is 5.67.